The van der Waals surface area contributed by atoms with Gasteiger partial charge in [0.25, 0.3) is 16.1 Å². The first-order valence-electron chi connectivity index (χ1n) is 7.31. The number of carbonyl (C=O) groups is 1. The largest absolute Gasteiger partial charge is 0.365 e. The van der Waals surface area contributed by atoms with Gasteiger partial charge in [0.1, 0.15) is 0 Å². The highest BCUT2D eigenvalue weighted by molar-refractivity contribution is 7.87. The highest BCUT2D eigenvalue weighted by Crippen LogP contribution is 2.38. The molecule has 2 heterocycles. The number of benzene rings is 1. The molecule has 1 aliphatic heterocycles. The number of halogens is 1. The highest BCUT2D eigenvalue weighted by Gasteiger charge is 2.33. The molecule has 0 bridgehead atoms. The molecule has 9 heteroatoms. The van der Waals surface area contributed by atoms with Gasteiger partial charge < -0.3 is 10.3 Å². The van der Waals surface area contributed by atoms with Gasteiger partial charge in [0.2, 0.25) is 0 Å². The maximum Gasteiger partial charge on any atom is 0.279 e. The Morgan fingerprint density at radius 1 is 1.25 bits per heavy atom. The summed E-state index contributed by atoms with van der Waals surface area (Å²) in [5, 5.41) is 0.257. The fourth-order valence-corrected chi connectivity index (χ4v) is 4.25. The van der Waals surface area contributed by atoms with Crippen molar-refractivity contribution in [3.05, 3.63) is 46.6 Å². The zero-order valence-electron chi connectivity index (χ0n) is 13.0. The van der Waals surface area contributed by atoms with E-state index in [-0.39, 0.29) is 23.7 Å². The van der Waals surface area contributed by atoms with E-state index in [9.17, 15) is 13.2 Å². The molecule has 3 N–H and O–H groups in total. The van der Waals surface area contributed by atoms with Gasteiger partial charge in [-0.1, -0.05) is 41.9 Å². The molecule has 24 heavy (non-hydrogen) atoms. The van der Waals surface area contributed by atoms with Crippen LogP contribution in [0.5, 0.6) is 0 Å². The topological polar surface area (TPSA) is 97.4 Å². The van der Waals surface area contributed by atoms with Crippen LogP contribution in [0, 0.1) is 0 Å². The molecule has 7 nitrogen and oxygen atoms in total. The number of carbonyl (C=O) groups excluding carboxylic acids is 1. The van der Waals surface area contributed by atoms with Crippen molar-refractivity contribution in [2.45, 2.75) is 13.1 Å². The number of rotatable bonds is 4. The third-order valence-corrected chi connectivity index (χ3v) is 5.98. The van der Waals surface area contributed by atoms with Crippen LogP contribution < -0.4 is 10.5 Å². The van der Waals surface area contributed by atoms with E-state index in [0.29, 0.717) is 17.9 Å². The fourth-order valence-electron chi connectivity index (χ4n) is 2.97. The van der Waals surface area contributed by atoms with E-state index < -0.39 is 16.1 Å². The molecule has 0 saturated carbocycles. The van der Waals surface area contributed by atoms with Crippen LogP contribution in [-0.2, 0) is 23.3 Å². The molecule has 1 aromatic heterocycles. The van der Waals surface area contributed by atoms with Gasteiger partial charge in [0, 0.05) is 25.8 Å². The minimum Gasteiger partial charge on any atom is -0.365 e. The van der Waals surface area contributed by atoms with E-state index in [1.807, 2.05) is 34.9 Å². The lowest BCUT2D eigenvalue weighted by molar-refractivity contribution is 0.0998. The Morgan fingerprint density at radius 3 is 2.50 bits per heavy atom. The number of nitrogens with two attached hydrogens (primary N) is 1. The van der Waals surface area contributed by atoms with Crippen LogP contribution in [0.3, 0.4) is 0 Å². The molecule has 3 rings (SSSR count). The van der Waals surface area contributed by atoms with Crippen molar-refractivity contribution in [1.82, 2.24) is 13.6 Å². The van der Waals surface area contributed by atoms with E-state index in [0.717, 1.165) is 5.56 Å². The highest BCUT2D eigenvalue weighted by atomic mass is 35.5. The summed E-state index contributed by atoms with van der Waals surface area (Å²) in [5.41, 5.74) is 7.71. The molecular weight excluding hydrogens is 352 g/mol. The maximum atomic E-state index is 12.1. The van der Waals surface area contributed by atoms with Crippen molar-refractivity contribution in [2.24, 2.45) is 5.73 Å². The molecule has 128 valence electrons. The summed E-state index contributed by atoms with van der Waals surface area (Å²) in [6, 6.07) is 9.39. The van der Waals surface area contributed by atoms with Gasteiger partial charge in [-0.3, -0.25) is 4.79 Å². The first-order valence-corrected chi connectivity index (χ1v) is 9.13. The second kappa shape index (κ2) is 6.21. The minimum atomic E-state index is -3.60. The van der Waals surface area contributed by atoms with Gasteiger partial charge >= 0.3 is 0 Å². The molecule has 0 fully saturated rings. The molecule has 2 aromatic rings. The number of nitrogens with one attached hydrogen (secondary N) is 1. The molecule has 0 spiro atoms. The van der Waals surface area contributed by atoms with Crippen molar-refractivity contribution >= 4 is 27.7 Å². The van der Waals surface area contributed by atoms with Gasteiger partial charge in [0.15, 0.2) is 0 Å². The SMILES string of the molecule is CNS(=O)(=O)N1CCn2c(c(C(N)=O)c(Cl)c2-c2ccccc2)C1. The predicted octanol–water partition coefficient (Wildman–Crippen LogP) is 1.19. The van der Waals surface area contributed by atoms with Gasteiger partial charge in [-0.25, -0.2) is 4.72 Å². The summed E-state index contributed by atoms with van der Waals surface area (Å²) in [5.74, 6) is -0.672. The number of primary amides is 1. The summed E-state index contributed by atoms with van der Waals surface area (Å²) in [6.45, 7) is 0.695. The summed E-state index contributed by atoms with van der Waals surface area (Å²) in [7, 11) is -2.25. The van der Waals surface area contributed by atoms with E-state index in [2.05, 4.69) is 4.72 Å². The second-order valence-electron chi connectivity index (χ2n) is 5.41. The minimum absolute atomic E-state index is 0.0357. The van der Waals surface area contributed by atoms with Crippen molar-refractivity contribution < 1.29 is 13.2 Å². The summed E-state index contributed by atoms with van der Waals surface area (Å²) >= 11 is 6.44. The van der Waals surface area contributed by atoms with Crippen molar-refractivity contribution in [1.29, 1.82) is 0 Å². The standard InChI is InChI=1S/C15H17ClN4O3S/c1-18-24(22,23)19-7-8-20-11(9-19)12(15(17)21)13(16)14(20)10-5-3-2-4-6-10/h2-6,18H,7-9H2,1H3,(H2,17,21). The molecular formula is C15H17ClN4O3S. The summed E-state index contributed by atoms with van der Waals surface area (Å²) in [6.07, 6.45) is 0. The van der Waals surface area contributed by atoms with Crippen LogP contribution in [0.1, 0.15) is 16.1 Å². The van der Waals surface area contributed by atoms with Gasteiger partial charge in [-0.15, -0.1) is 0 Å². The van der Waals surface area contributed by atoms with E-state index in [4.69, 9.17) is 17.3 Å². The third-order valence-electron chi connectivity index (χ3n) is 4.10. The van der Waals surface area contributed by atoms with Crippen molar-refractivity contribution in [3.63, 3.8) is 0 Å². The lowest BCUT2D eigenvalue weighted by Gasteiger charge is -2.28. The third kappa shape index (κ3) is 2.71. The number of hydrogen-bond acceptors (Lipinski definition) is 3. The second-order valence-corrected chi connectivity index (χ2v) is 7.66. The van der Waals surface area contributed by atoms with E-state index in [1.54, 1.807) is 0 Å². The summed E-state index contributed by atoms with van der Waals surface area (Å²) in [4.78, 5) is 11.9. The Hall–Kier alpha value is -1.87. The summed E-state index contributed by atoms with van der Waals surface area (Å²) < 4.78 is 29.5. The van der Waals surface area contributed by atoms with Crippen molar-refractivity contribution in [3.8, 4) is 11.3 Å². The van der Waals surface area contributed by atoms with Gasteiger partial charge in [0.05, 0.1) is 22.8 Å². The van der Waals surface area contributed by atoms with Crippen LogP contribution in [0.2, 0.25) is 5.02 Å². The Bertz CT molecular complexity index is 893. The van der Waals surface area contributed by atoms with Crippen molar-refractivity contribution in [2.75, 3.05) is 13.6 Å². The zero-order chi connectivity index (χ0) is 17.5. The quantitative estimate of drug-likeness (QED) is 0.848. The lowest BCUT2D eigenvalue weighted by atomic mass is 10.1. The van der Waals surface area contributed by atoms with Gasteiger partial charge in [-0.2, -0.15) is 12.7 Å². The molecule has 1 amide bonds. The fraction of sp³-hybridized carbons (Fsp3) is 0.267. The molecule has 0 aliphatic carbocycles. The van der Waals surface area contributed by atoms with E-state index >= 15 is 0 Å². The van der Waals surface area contributed by atoms with Crippen LogP contribution >= 0.6 is 11.6 Å². The predicted molar refractivity (Wildman–Crippen MR) is 91.8 cm³/mol. The molecule has 1 aromatic carbocycles. The number of amides is 1. The Morgan fingerprint density at radius 2 is 1.92 bits per heavy atom. The molecule has 0 atom stereocenters. The Kier molecular flexibility index (Phi) is 4.39. The van der Waals surface area contributed by atoms with Crippen LogP contribution in [0.4, 0.5) is 0 Å². The maximum absolute atomic E-state index is 12.1. The zero-order valence-corrected chi connectivity index (χ0v) is 14.6. The average Bonchev–Trinajstić information content (AvgIpc) is 2.86. The van der Waals surface area contributed by atoms with Crippen LogP contribution in [-0.4, -0.2) is 36.8 Å². The molecule has 0 radical (unpaired) electrons. The first kappa shape index (κ1) is 17.0. The molecule has 1 aliphatic rings. The number of nitrogens with zero attached hydrogens (tertiary/aromatic N) is 2. The Labute approximate surface area is 145 Å². The first-order chi connectivity index (χ1) is 11.4. The lowest BCUT2D eigenvalue weighted by Crippen LogP contribution is -2.43. The number of hydrogen-bond donors (Lipinski definition) is 2. The normalized spacial score (nSPS) is 15.2. The molecule has 0 unspecified atom stereocenters. The molecule has 0 saturated heterocycles. The average molecular weight is 369 g/mol. The monoisotopic (exact) mass is 368 g/mol. The number of aromatic nitrogens is 1. The van der Waals surface area contributed by atoms with E-state index in [1.165, 1.54) is 11.4 Å². The Balaban J connectivity index is 2.18. The van der Waals surface area contributed by atoms with Crippen LogP contribution in [0.15, 0.2) is 30.3 Å². The number of fused-ring (bicyclic) bond motifs is 1. The van der Waals surface area contributed by atoms with Crippen LogP contribution in [0.25, 0.3) is 11.3 Å². The smallest absolute Gasteiger partial charge is 0.279 e. The van der Waals surface area contributed by atoms with Gasteiger partial charge in [-0.05, 0) is 5.56 Å².